The van der Waals surface area contributed by atoms with Gasteiger partial charge in [-0.1, -0.05) is 43.6 Å². The first kappa shape index (κ1) is 26.1. The van der Waals surface area contributed by atoms with E-state index in [1.165, 1.54) is 0 Å². The molecule has 0 aliphatic carbocycles. The van der Waals surface area contributed by atoms with E-state index >= 15 is 0 Å². The van der Waals surface area contributed by atoms with Gasteiger partial charge in [-0.15, -0.1) is 0 Å². The number of ketones is 1. The van der Waals surface area contributed by atoms with E-state index in [9.17, 15) is 19.5 Å². The van der Waals surface area contributed by atoms with E-state index < -0.39 is 18.2 Å². The van der Waals surface area contributed by atoms with Crippen LogP contribution in [-0.2, 0) is 20.7 Å². The number of amides is 2. The summed E-state index contributed by atoms with van der Waals surface area (Å²) in [6.45, 7) is 6.35. The average molecular weight is 467 g/mol. The van der Waals surface area contributed by atoms with Crippen LogP contribution in [0.25, 0.3) is 0 Å². The van der Waals surface area contributed by atoms with Gasteiger partial charge in [0.25, 0.3) is 0 Å². The van der Waals surface area contributed by atoms with Gasteiger partial charge in [0.15, 0.2) is 5.78 Å². The standard InChI is InChI=1S/C24H35ClN2O5/c1-15(2)12-21(27-24(31)32-11-9-17-6-4-5-7-20(17)25)22(29)14-19(16(3)28)13-18-8-10-26-23(18)30/h4-7,15-16,18-19,21,28H,8-14H2,1-3H3,(H,26,30)(H,27,31)/t16?,18-,19+,21-/m0/s1. The van der Waals surface area contributed by atoms with E-state index in [4.69, 9.17) is 16.3 Å². The first-order valence-corrected chi connectivity index (χ1v) is 11.7. The van der Waals surface area contributed by atoms with Crippen molar-refractivity contribution in [2.24, 2.45) is 17.8 Å². The number of aliphatic hydroxyl groups is 1. The quantitative estimate of drug-likeness (QED) is 0.437. The molecule has 8 heteroatoms. The van der Waals surface area contributed by atoms with Crippen molar-refractivity contribution in [2.75, 3.05) is 13.2 Å². The normalized spacial score (nSPS) is 18.7. The Balaban J connectivity index is 1.91. The summed E-state index contributed by atoms with van der Waals surface area (Å²) in [4.78, 5) is 37.3. The molecule has 7 nitrogen and oxygen atoms in total. The summed E-state index contributed by atoms with van der Waals surface area (Å²) >= 11 is 6.12. The summed E-state index contributed by atoms with van der Waals surface area (Å²) in [6.07, 6.45) is 0.819. The molecule has 0 spiro atoms. The highest BCUT2D eigenvalue weighted by Crippen LogP contribution is 2.26. The molecule has 1 aliphatic heterocycles. The summed E-state index contributed by atoms with van der Waals surface area (Å²) < 4.78 is 5.27. The number of rotatable bonds is 12. The fraction of sp³-hybridized carbons (Fsp3) is 0.625. The second-order valence-corrected chi connectivity index (χ2v) is 9.39. The third kappa shape index (κ3) is 8.43. The van der Waals surface area contributed by atoms with E-state index in [0.717, 1.165) is 5.56 Å². The minimum atomic E-state index is -0.727. The molecule has 0 saturated carbocycles. The second kappa shape index (κ2) is 12.8. The molecular formula is C24H35ClN2O5. The summed E-state index contributed by atoms with van der Waals surface area (Å²) in [7, 11) is 0. The van der Waals surface area contributed by atoms with Crippen LogP contribution in [0.15, 0.2) is 24.3 Å². The van der Waals surface area contributed by atoms with Crippen LogP contribution in [0.4, 0.5) is 4.79 Å². The van der Waals surface area contributed by atoms with Gasteiger partial charge in [-0.2, -0.15) is 0 Å². The Morgan fingerprint density at radius 3 is 2.59 bits per heavy atom. The highest BCUT2D eigenvalue weighted by molar-refractivity contribution is 6.31. The predicted octanol–water partition coefficient (Wildman–Crippen LogP) is 3.51. The third-order valence-corrected chi connectivity index (χ3v) is 6.21. The van der Waals surface area contributed by atoms with Crippen molar-refractivity contribution in [3.05, 3.63) is 34.9 Å². The zero-order chi connectivity index (χ0) is 23.7. The van der Waals surface area contributed by atoms with Gasteiger partial charge >= 0.3 is 6.09 Å². The number of aliphatic hydroxyl groups excluding tert-OH is 1. The van der Waals surface area contributed by atoms with Crippen molar-refractivity contribution >= 4 is 29.4 Å². The minimum absolute atomic E-state index is 0.0259. The Bertz CT molecular complexity index is 783. The van der Waals surface area contributed by atoms with Crippen LogP contribution in [-0.4, -0.2) is 48.2 Å². The number of halogens is 1. The topological polar surface area (TPSA) is 105 Å². The first-order chi connectivity index (χ1) is 15.2. The van der Waals surface area contributed by atoms with Crippen molar-refractivity contribution in [1.82, 2.24) is 10.6 Å². The van der Waals surface area contributed by atoms with Crippen LogP contribution >= 0.6 is 11.6 Å². The number of benzene rings is 1. The summed E-state index contributed by atoms with van der Waals surface area (Å²) in [5.41, 5.74) is 0.882. The molecule has 0 bridgehead atoms. The number of alkyl carbamates (subject to hydrolysis) is 1. The smallest absolute Gasteiger partial charge is 0.407 e. The van der Waals surface area contributed by atoms with Gasteiger partial charge in [0.1, 0.15) is 0 Å². The molecule has 178 valence electrons. The Kier molecular flexibility index (Phi) is 10.5. The first-order valence-electron chi connectivity index (χ1n) is 11.3. The van der Waals surface area contributed by atoms with Gasteiger partial charge < -0.3 is 20.5 Å². The molecule has 4 atom stereocenters. The van der Waals surface area contributed by atoms with Gasteiger partial charge in [-0.3, -0.25) is 9.59 Å². The molecule has 1 saturated heterocycles. The molecule has 2 amide bonds. The molecule has 1 fully saturated rings. The lowest BCUT2D eigenvalue weighted by atomic mass is 9.84. The van der Waals surface area contributed by atoms with Crippen molar-refractivity contribution in [1.29, 1.82) is 0 Å². The highest BCUT2D eigenvalue weighted by Gasteiger charge is 2.32. The second-order valence-electron chi connectivity index (χ2n) is 8.99. The molecular weight excluding hydrogens is 432 g/mol. The predicted molar refractivity (Wildman–Crippen MR) is 123 cm³/mol. The maximum atomic E-state index is 13.0. The van der Waals surface area contributed by atoms with E-state index in [0.29, 0.717) is 37.3 Å². The van der Waals surface area contributed by atoms with Gasteiger partial charge in [0.05, 0.1) is 18.8 Å². The van der Waals surface area contributed by atoms with Crippen molar-refractivity contribution < 1.29 is 24.2 Å². The maximum Gasteiger partial charge on any atom is 0.407 e. The molecule has 1 aromatic rings. The number of hydrogen-bond donors (Lipinski definition) is 3. The Hall–Kier alpha value is -2.12. The van der Waals surface area contributed by atoms with E-state index in [2.05, 4.69) is 10.6 Å². The van der Waals surface area contributed by atoms with Gasteiger partial charge in [-0.05, 0) is 49.7 Å². The number of carbonyl (C=O) groups excluding carboxylic acids is 3. The molecule has 1 heterocycles. The van der Waals surface area contributed by atoms with Crippen molar-refractivity contribution in [3.63, 3.8) is 0 Å². The molecule has 2 rings (SSSR count). The maximum absolute atomic E-state index is 13.0. The lowest BCUT2D eigenvalue weighted by molar-refractivity contribution is -0.126. The lowest BCUT2D eigenvalue weighted by Gasteiger charge is -2.25. The largest absolute Gasteiger partial charge is 0.449 e. The van der Waals surface area contributed by atoms with Crippen LogP contribution in [0, 0.1) is 17.8 Å². The fourth-order valence-corrected chi connectivity index (χ4v) is 4.20. The monoisotopic (exact) mass is 466 g/mol. The molecule has 1 aromatic carbocycles. The average Bonchev–Trinajstić information content (AvgIpc) is 3.12. The number of nitrogens with one attached hydrogen (secondary N) is 2. The Morgan fingerprint density at radius 2 is 2.00 bits per heavy atom. The molecule has 0 radical (unpaired) electrons. The lowest BCUT2D eigenvalue weighted by Crippen LogP contribution is -2.43. The van der Waals surface area contributed by atoms with Gasteiger partial charge in [0.2, 0.25) is 5.91 Å². The SMILES string of the molecule is CC(C)C[C@H](NC(=O)OCCc1ccccc1Cl)C(=O)C[C@@H](C[C@@H]1CCNC1=O)C(C)O. The number of hydrogen-bond acceptors (Lipinski definition) is 5. The van der Waals surface area contributed by atoms with E-state index in [-0.39, 0.29) is 42.5 Å². The molecule has 3 N–H and O–H groups in total. The third-order valence-electron chi connectivity index (χ3n) is 5.85. The number of carbonyl (C=O) groups is 3. The molecule has 1 aliphatic rings. The van der Waals surface area contributed by atoms with Crippen LogP contribution in [0.5, 0.6) is 0 Å². The zero-order valence-corrected chi connectivity index (χ0v) is 19.9. The van der Waals surface area contributed by atoms with Gasteiger partial charge in [0, 0.05) is 30.3 Å². The number of Topliss-reactive ketones (excluding diaryl/α,β-unsaturated/α-hetero) is 1. The van der Waals surface area contributed by atoms with Crippen molar-refractivity contribution in [2.45, 2.75) is 65.0 Å². The Morgan fingerprint density at radius 1 is 1.28 bits per heavy atom. The molecule has 0 aromatic heterocycles. The van der Waals surface area contributed by atoms with Crippen LogP contribution in [0.1, 0.15) is 52.0 Å². The summed E-state index contributed by atoms with van der Waals surface area (Å²) in [5.74, 6) is -0.538. The fourth-order valence-electron chi connectivity index (χ4n) is 3.97. The molecule has 32 heavy (non-hydrogen) atoms. The summed E-state index contributed by atoms with van der Waals surface area (Å²) in [5, 5.41) is 16.3. The van der Waals surface area contributed by atoms with Crippen LogP contribution < -0.4 is 10.6 Å². The number of ether oxygens (including phenoxy) is 1. The van der Waals surface area contributed by atoms with Crippen molar-refractivity contribution in [3.8, 4) is 0 Å². The summed E-state index contributed by atoms with van der Waals surface area (Å²) in [6, 6.07) is 6.65. The van der Waals surface area contributed by atoms with Crippen LogP contribution in [0.2, 0.25) is 5.02 Å². The van der Waals surface area contributed by atoms with Crippen LogP contribution in [0.3, 0.4) is 0 Å². The zero-order valence-electron chi connectivity index (χ0n) is 19.1. The minimum Gasteiger partial charge on any atom is -0.449 e. The Labute approximate surface area is 195 Å². The molecule has 1 unspecified atom stereocenters. The van der Waals surface area contributed by atoms with Gasteiger partial charge in [-0.25, -0.2) is 4.79 Å². The van der Waals surface area contributed by atoms with E-state index in [1.807, 2.05) is 32.0 Å². The van der Waals surface area contributed by atoms with E-state index in [1.54, 1.807) is 13.0 Å². The highest BCUT2D eigenvalue weighted by atomic mass is 35.5.